The van der Waals surface area contributed by atoms with Gasteiger partial charge < -0.3 is 20.0 Å². The SMILES string of the molecule is O=C(O)CN(C(=O)N1CCC(CO)CC1)C1CCCC1. The van der Waals surface area contributed by atoms with Gasteiger partial charge in [-0.2, -0.15) is 0 Å². The molecule has 2 amide bonds. The fourth-order valence-corrected chi connectivity index (χ4v) is 3.20. The molecule has 1 saturated carbocycles. The van der Waals surface area contributed by atoms with Crippen LogP contribution in [0.1, 0.15) is 38.5 Å². The van der Waals surface area contributed by atoms with Crippen molar-refractivity contribution in [3.8, 4) is 0 Å². The summed E-state index contributed by atoms with van der Waals surface area (Å²) in [5.74, 6) is -0.672. The van der Waals surface area contributed by atoms with Gasteiger partial charge in [0.05, 0.1) is 0 Å². The van der Waals surface area contributed by atoms with E-state index in [0.717, 1.165) is 38.5 Å². The molecule has 6 heteroatoms. The molecule has 1 saturated heterocycles. The van der Waals surface area contributed by atoms with E-state index < -0.39 is 5.97 Å². The minimum atomic E-state index is -0.949. The maximum Gasteiger partial charge on any atom is 0.323 e. The second-order valence-electron chi connectivity index (χ2n) is 5.86. The van der Waals surface area contributed by atoms with Gasteiger partial charge in [0.1, 0.15) is 6.54 Å². The smallest absolute Gasteiger partial charge is 0.323 e. The third kappa shape index (κ3) is 3.62. The normalized spacial score (nSPS) is 21.1. The van der Waals surface area contributed by atoms with E-state index in [-0.39, 0.29) is 31.1 Å². The number of likely N-dealkylation sites (tertiary alicyclic amines) is 1. The molecule has 0 aromatic rings. The van der Waals surface area contributed by atoms with Gasteiger partial charge in [-0.15, -0.1) is 0 Å². The van der Waals surface area contributed by atoms with E-state index in [9.17, 15) is 9.59 Å². The van der Waals surface area contributed by atoms with Crippen LogP contribution in [0.25, 0.3) is 0 Å². The van der Waals surface area contributed by atoms with Crippen LogP contribution in [0.2, 0.25) is 0 Å². The number of piperidine rings is 1. The lowest BCUT2D eigenvalue weighted by molar-refractivity contribution is -0.138. The summed E-state index contributed by atoms with van der Waals surface area (Å²) in [5, 5.41) is 18.2. The standard InChI is InChI=1S/C14H24N2O4/c17-10-11-5-7-15(8-6-11)14(20)16(9-13(18)19)12-3-1-2-4-12/h11-12,17H,1-10H2,(H,18,19). The van der Waals surface area contributed by atoms with Gasteiger partial charge in [-0.25, -0.2) is 4.79 Å². The third-order valence-corrected chi connectivity index (χ3v) is 4.46. The van der Waals surface area contributed by atoms with Gasteiger partial charge in [0.2, 0.25) is 0 Å². The summed E-state index contributed by atoms with van der Waals surface area (Å²) in [6, 6.07) is -0.0649. The molecule has 2 N–H and O–H groups in total. The van der Waals surface area contributed by atoms with Gasteiger partial charge in [-0.05, 0) is 31.6 Å². The van der Waals surface area contributed by atoms with Crippen LogP contribution in [0.15, 0.2) is 0 Å². The molecular weight excluding hydrogens is 260 g/mol. The van der Waals surface area contributed by atoms with Crippen molar-refractivity contribution < 1.29 is 19.8 Å². The Labute approximate surface area is 119 Å². The molecule has 0 atom stereocenters. The number of carboxylic acid groups (broad SMARTS) is 1. The number of amides is 2. The van der Waals surface area contributed by atoms with Crippen LogP contribution in [0.5, 0.6) is 0 Å². The van der Waals surface area contributed by atoms with Gasteiger partial charge >= 0.3 is 12.0 Å². The molecule has 2 rings (SSSR count). The molecule has 0 unspecified atom stereocenters. The van der Waals surface area contributed by atoms with Gasteiger partial charge in [0.15, 0.2) is 0 Å². The van der Waals surface area contributed by atoms with Gasteiger partial charge in [0.25, 0.3) is 0 Å². The summed E-state index contributed by atoms with van der Waals surface area (Å²) in [5.41, 5.74) is 0. The fourth-order valence-electron chi connectivity index (χ4n) is 3.20. The summed E-state index contributed by atoms with van der Waals surface area (Å²) < 4.78 is 0. The van der Waals surface area contributed by atoms with Crippen LogP contribution in [0, 0.1) is 5.92 Å². The molecule has 2 fully saturated rings. The first-order chi connectivity index (χ1) is 9.61. The third-order valence-electron chi connectivity index (χ3n) is 4.46. The number of carboxylic acids is 1. The Balaban J connectivity index is 1.97. The van der Waals surface area contributed by atoms with E-state index in [4.69, 9.17) is 10.2 Å². The predicted octanol–water partition coefficient (Wildman–Crippen LogP) is 1.14. The molecule has 0 aromatic carbocycles. The molecule has 0 spiro atoms. The van der Waals surface area contributed by atoms with Gasteiger partial charge in [-0.3, -0.25) is 4.79 Å². The fraction of sp³-hybridized carbons (Fsp3) is 0.857. The molecule has 2 aliphatic rings. The van der Waals surface area contributed by atoms with Crippen LogP contribution in [0.3, 0.4) is 0 Å². The van der Waals surface area contributed by atoms with E-state index in [1.807, 2.05) is 0 Å². The summed E-state index contributed by atoms with van der Waals surface area (Å²) in [7, 11) is 0. The number of urea groups is 1. The Morgan fingerprint density at radius 2 is 1.70 bits per heavy atom. The van der Waals surface area contributed by atoms with Crippen molar-refractivity contribution in [1.29, 1.82) is 0 Å². The molecule has 0 radical (unpaired) electrons. The number of aliphatic hydroxyl groups excluding tert-OH is 1. The second-order valence-corrected chi connectivity index (χ2v) is 5.86. The Kier molecular flexibility index (Phi) is 5.23. The molecule has 1 aliphatic heterocycles. The lowest BCUT2D eigenvalue weighted by Gasteiger charge is -2.37. The number of hydrogen-bond acceptors (Lipinski definition) is 3. The van der Waals surface area contributed by atoms with E-state index >= 15 is 0 Å². The monoisotopic (exact) mass is 284 g/mol. The number of carbonyl (C=O) groups is 2. The van der Waals surface area contributed by atoms with Crippen molar-refractivity contribution in [2.24, 2.45) is 5.92 Å². The van der Waals surface area contributed by atoms with Crippen LogP contribution >= 0.6 is 0 Å². The molecule has 20 heavy (non-hydrogen) atoms. The number of aliphatic hydroxyl groups is 1. The summed E-state index contributed by atoms with van der Waals surface area (Å²) >= 11 is 0. The van der Waals surface area contributed by atoms with Gasteiger partial charge in [-0.1, -0.05) is 12.8 Å². The molecule has 114 valence electrons. The number of rotatable bonds is 4. The highest BCUT2D eigenvalue weighted by Crippen LogP contribution is 2.25. The Morgan fingerprint density at radius 1 is 1.10 bits per heavy atom. The summed E-state index contributed by atoms with van der Waals surface area (Å²) in [6.45, 7) is 1.20. The Morgan fingerprint density at radius 3 is 2.20 bits per heavy atom. The topological polar surface area (TPSA) is 81.1 Å². The number of carbonyl (C=O) groups excluding carboxylic acids is 1. The highest BCUT2D eigenvalue weighted by molar-refractivity contribution is 5.80. The maximum atomic E-state index is 12.5. The minimum Gasteiger partial charge on any atom is -0.480 e. The van der Waals surface area contributed by atoms with E-state index in [0.29, 0.717) is 13.1 Å². The second kappa shape index (κ2) is 6.92. The number of hydrogen-bond donors (Lipinski definition) is 2. The van der Waals surface area contributed by atoms with Crippen LogP contribution in [0.4, 0.5) is 4.79 Å². The Hall–Kier alpha value is -1.30. The average Bonchev–Trinajstić information content (AvgIpc) is 2.98. The van der Waals surface area contributed by atoms with Crippen molar-refractivity contribution in [1.82, 2.24) is 9.80 Å². The first-order valence-electron chi connectivity index (χ1n) is 7.50. The van der Waals surface area contributed by atoms with Crippen molar-refractivity contribution in [3.63, 3.8) is 0 Å². The molecular formula is C14H24N2O4. The average molecular weight is 284 g/mol. The summed E-state index contributed by atoms with van der Waals surface area (Å²) in [6.07, 6.45) is 5.56. The van der Waals surface area contributed by atoms with Crippen molar-refractivity contribution in [2.45, 2.75) is 44.6 Å². The maximum absolute atomic E-state index is 12.5. The van der Waals surface area contributed by atoms with Crippen LogP contribution in [-0.2, 0) is 4.79 Å². The molecule has 1 heterocycles. The number of aliphatic carboxylic acids is 1. The Bertz CT molecular complexity index is 347. The quantitative estimate of drug-likeness (QED) is 0.811. The van der Waals surface area contributed by atoms with E-state index in [2.05, 4.69) is 0 Å². The van der Waals surface area contributed by atoms with Crippen LogP contribution in [-0.4, -0.2) is 64.3 Å². The van der Waals surface area contributed by atoms with Crippen LogP contribution < -0.4 is 0 Å². The highest BCUT2D eigenvalue weighted by atomic mass is 16.4. The molecule has 1 aliphatic carbocycles. The zero-order chi connectivity index (χ0) is 14.5. The zero-order valence-electron chi connectivity index (χ0n) is 11.8. The van der Waals surface area contributed by atoms with E-state index in [1.165, 1.54) is 4.90 Å². The summed E-state index contributed by atoms with van der Waals surface area (Å²) in [4.78, 5) is 26.8. The first kappa shape index (κ1) is 15.1. The largest absolute Gasteiger partial charge is 0.480 e. The highest BCUT2D eigenvalue weighted by Gasteiger charge is 2.32. The number of nitrogens with zero attached hydrogens (tertiary/aromatic N) is 2. The van der Waals surface area contributed by atoms with Gasteiger partial charge in [0, 0.05) is 25.7 Å². The molecule has 0 aromatic heterocycles. The lowest BCUT2D eigenvalue weighted by Crippen LogP contribution is -2.51. The molecule has 6 nitrogen and oxygen atoms in total. The van der Waals surface area contributed by atoms with Crippen molar-refractivity contribution >= 4 is 12.0 Å². The van der Waals surface area contributed by atoms with Crippen molar-refractivity contribution in [3.05, 3.63) is 0 Å². The van der Waals surface area contributed by atoms with E-state index in [1.54, 1.807) is 4.90 Å². The van der Waals surface area contributed by atoms with Crippen molar-refractivity contribution in [2.75, 3.05) is 26.2 Å². The predicted molar refractivity (Wildman–Crippen MR) is 73.4 cm³/mol. The minimum absolute atomic E-state index is 0.0779. The lowest BCUT2D eigenvalue weighted by atomic mass is 9.98. The molecule has 0 bridgehead atoms. The zero-order valence-corrected chi connectivity index (χ0v) is 11.8. The first-order valence-corrected chi connectivity index (χ1v) is 7.50.